The molecule has 0 radical (unpaired) electrons. The first-order chi connectivity index (χ1) is 7.61. The third-order valence-electron chi connectivity index (χ3n) is 2.49. The molecule has 90 valence electrons. The average molecular weight is 223 g/mol. The quantitative estimate of drug-likeness (QED) is 0.735. The van der Waals surface area contributed by atoms with Crippen LogP contribution in [0.15, 0.2) is 24.4 Å². The lowest BCUT2D eigenvalue weighted by Crippen LogP contribution is -3.17. The van der Waals surface area contributed by atoms with E-state index in [1.165, 1.54) is 5.06 Å². The molecule has 0 aliphatic carbocycles. The van der Waals surface area contributed by atoms with Gasteiger partial charge in [-0.25, -0.2) is 4.84 Å². The van der Waals surface area contributed by atoms with Crippen LogP contribution >= 0.6 is 0 Å². The summed E-state index contributed by atoms with van der Waals surface area (Å²) in [5.41, 5.74) is 1.09. The number of quaternary nitrogens is 1. The summed E-state index contributed by atoms with van der Waals surface area (Å²) < 4.78 is 0. The van der Waals surface area contributed by atoms with Crippen LogP contribution in [0.5, 0.6) is 0 Å². The third-order valence-corrected chi connectivity index (χ3v) is 2.49. The second-order valence-corrected chi connectivity index (χ2v) is 4.63. The summed E-state index contributed by atoms with van der Waals surface area (Å²) in [7, 11) is 0. The average Bonchev–Trinajstić information content (AvgIpc) is 2.24. The number of rotatable bonds is 6. The Labute approximate surface area is 98.4 Å². The number of aromatic nitrogens is 1. The Morgan fingerprint density at radius 3 is 2.38 bits per heavy atom. The molecule has 0 amide bonds. The lowest BCUT2D eigenvalue weighted by Gasteiger charge is -2.24. The molecule has 3 nitrogen and oxygen atoms in total. The number of hydrogen-bond acceptors (Lipinski definition) is 2. The second kappa shape index (κ2) is 6.61. The molecule has 1 N–H and O–H groups in total. The Kier molecular flexibility index (Phi) is 5.43. The maximum absolute atomic E-state index is 5.85. The van der Waals surface area contributed by atoms with Crippen LogP contribution in [0, 0.1) is 0 Å². The second-order valence-electron chi connectivity index (χ2n) is 4.63. The van der Waals surface area contributed by atoms with Gasteiger partial charge < -0.3 is 0 Å². The first kappa shape index (κ1) is 13.1. The van der Waals surface area contributed by atoms with Gasteiger partial charge >= 0.3 is 0 Å². The summed E-state index contributed by atoms with van der Waals surface area (Å²) in [5, 5.41) is 1.19. The molecule has 0 aliphatic rings. The fourth-order valence-corrected chi connectivity index (χ4v) is 1.82. The van der Waals surface area contributed by atoms with Gasteiger partial charge in [0.25, 0.3) is 0 Å². The summed E-state index contributed by atoms with van der Waals surface area (Å²) in [5.74, 6) is 0. The Balaban J connectivity index is 2.34. The van der Waals surface area contributed by atoms with E-state index in [-0.39, 0.29) is 0 Å². The molecule has 1 heterocycles. The fourth-order valence-electron chi connectivity index (χ4n) is 1.82. The Hall–Kier alpha value is -0.930. The summed E-state index contributed by atoms with van der Waals surface area (Å²) >= 11 is 0. The number of nitrogens with one attached hydrogen (secondary N) is 1. The Bertz CT molecular complexity index is 277. The van der Waals surface area contributed by atoms with Crippen molar-refractivity contribution in [3.05, 3.63) is 30.1 Å². The zero-order chi connectivity index (χ0) is 12.0. The smallest absolute Gasteiger partial charge is 0.112 e. The van der Waals surface area contributed by atoms with E-state index in [0.717, 1.165) is 18.7 Å². The van der Waals surface area contributed by atoms with E-state index in [4.69, 9.17) is 4.84 Å². The standard InChI is InChI=1S/C13H22N2O/c1-11(2)15(12(3)4)16-10-8-13-7-5-6-9-14-13/h5-7,9,11-12H,8,10H2,1-4H3/p+1. The highest BCUT2D eigenvalue weighted by molar-refractivity contribution is 5.03. The zero-order valence-electron chi connectivity index (χ0n) is 10.7. The molecule has 0 atom stereocenters. The molecule has 1 rings (SSSR count). The summed E-state index contributed by atoms with van der Waals surface area (Å²) in [6.07, 6.45) is 2.70. The van der Waals surface area contributed by atoms with E-state index in [2.05, 4.69) is 32.7 Å². The Morgan fingerprint density at radius 2 is 1.88 bits per heavy atom. The van der Waals surface area contributed by atoms with Crippen LogP contribution in [-0.2, 0) is 11.3 Å². The van der Waals surface area contributed by atoms with Crippen LogP contribution < -0.4 is 5.06 Å². The van der Waals surface area contributed by atoms with Gasteiger partial charge in [-0.3, -0.25) is 4.98 Å². The molecule has 0 saturated heterocycles. The molecule has 0 saturated carbocycles. The minimum absolute atomic E-state index is 0.490. The van der Waals surface area contributed by atoms with Gasteiger partial charge in [-0.1, -0.05) is 6.07 Å². The molecule has 0 aliphatic heterocycles. The fraction of sp³-hybridized carbons (Fsp3) is 0.615. The lowest BCUT2D eigenvalue weighted by molar-refractivity contribution is -1.12. The van der Waals surface area contributed by atoms with Crippen LogP contribution in [0.3, 0.4) is 0 Å². The highest BCUT2D eigenvalue weighted by Gasteiger charge is 2.18. The maximum Gasteiger partial charge on any atom is 0.112 e. The van der Waals surface area contributed by atoms with Gasteiger partial charge in [0.2, 0.25) is 0 Å². The Morgan fingerprint density at radius 1 is 1.19 bits per heavy atom. The molecular formula is C13H23N2O+. The highest BCUT2D eigenvalue weighted by atomic mass is 16.7. The van der Waals surface area contributed by atoms with Gasteiger partial charge in [-0.15, -0.1) is 0 Å². The molecule has 0 spiro atoms. The first-order valence-corrected chi connectivity index (χ1v) is 6.00. The predicted octanol–water partition coefficient (Wildman–Crippen LogP) is 1.26. The van der Waals surface area contributed by atoms with Crippen molar-refractivity contribution in [2.75, 3.05) is 6.61 Å². The molecule has 1 aromatic rings. The van der Waals surface area contributed by atoms with Crippen LogP contribution in [0.25, 0.3) is 0 Å². The van der Waals surface area contributed by atoms with Crippen LogP contribution in [-0.4, -0.2) is 23.7 Å². The number of pyridine rings is 1. The number of hydroxylamine groups is 2. The van der Waals surface area contributed by atoms with Gasteiger partial charge in [0, 0.05) is 18.3 Å². The third kappa shape index (κ3) is 4.29. The highest BCUT2D eigenvalue weighted by Crippen LogP contribution is 1.93. The lowest BCUT2D eigenvalue weighted by atomic mass is 10.3. The van der Waals surface area contributed by atoms with Crippen molar-refractivity contribution >= 4 is 0 Å². The van der Waals surface area contributed by atoms with Crippen molar-refractivity contribution in [3.63, 3.8) is 0 Å². The molecule has 0 aromatic carbocycles. The van der Waals surface area contributed by atoms with Crippen molar-refractivity contribution in [2.45, 2.75) is 46.2 Å². The van der Waals surface area contributed by atoms with E-state index in [1.807, 2.05) is 24.4 Å². The minimum atomic E-state index is 0.490. The van der Waals surface area contributed by atoms with Crippen molar-refractivity contribution in [1.82, 2.24) is 4.98 Å². The molecular weight excluding hydrogens is 200 g/mol. The molecule has 0 bridgehead atoms. The maximum atomic E-state index is 5.85. The first-order valence-electron chi connectivity index (χ1n) is 6.00. The largest absolute Gasteiger partial charge is 0.261 e. The van der Waals surface area contributed by atoms with E-state index < -0.39 is 0 Å². The zero-order valence-corrected chi connectivity index (χ0v) is 10.7. The van der Waals surface area contributed by atoms with E-state index in [1.54, 1.807) is 0 Å². The summed E-state index contributed by atoms with van der Waals surface area (Å²) in [4.78, 5) is 10.1. The minimum Gasteiger partial charge on any atom is -0.261 e. The van der Waals surface area contributed by atoms with E-state index in [9.17, 15) is 0 Å². The van der Waals surface area contributed by atoms with E-state index in [0.29, 0.717) is 12.1 Å². The molecule has 16 heavy (non-hydrogen) atoms. The predicted molar refractivity (Wildman–Crippen MR) is 65.1 cm³/mol. The van der Waals surface area contributed by atoms with Crippen LogP contribution in [0.2, 0.25) is 0 Å². The van der Waals surface area contributed by atoms with Gasteiger partial charge in [0.05, 0.1) is 0 Å². The van der Waals surface area contributed by atoms with Crippen molar-refractivity contribution in [3.8, 4) is 0 Å². The topological polar surface area (TPSA) is 26.6 Å². The van der Waals surface area contributed by atoms with Gasteiger partial charge in [-0.05, 0) is 39.8 Å². The normalized spacial score (nSPS) is 11.7. The molecule has 0 unspecified atom stereocenters. The van der Waals surface area contributed by atoms with Crippen molar-refractivity contribution in [2.24, 2.45) is 0 Å². The van der Waals surface area contributed by atoms with E-state index >= 15 is 0 Å². The number of hydrogen-bond donors (Lipinski definition) is 1. The monoisotopic (exact) mass is 223 g/mol. The summed E-state index contributed by atoms with van der Waals surface area (Å²) in [6, 6.07) is 6.96. The van der Waals surface area contributed by atoms with Crippen LogP contribution in [0.1, 0.15) is 33.4 Å². The van der Waals surface area contributed by atoms with Crippen molar-refractivity contribution in [1.29, 1.82) is 0 Å². The van der Waals surface area contributed by atoms with Gasteiger partial charge in [0.1, 0.15) is 18.7 Å². The van der Waals surface area contributed by atoms with Crippen LogP contribution in [0.4, 0.5) is 0 Å². The number of nitrogens with zero attached hydrogens (tertiary/aromatic N) is 1. The summed E-state index contributed by atoms with van der Waals surface area (Å²) in [6.45, 7) is 9.43. The van der Waals surface area contributed by atoms with Gasteiger partial charge in [-0.2, -0.15) is 5.06 Å². The SMILES string of the molecule is CC(C)[NH+](OCCc1ccccn1)C(C)C. The van der Waals surface area contributed by atoms with Gasteiger partial charge in [0.15, 0.2) is 0 Å². The molecule has 3 heteroatoms. The molecule has 1 aromatic heterocycles. The van der Waals surface area contributed by atoms with Crippen molar-refractivity contribution < 1.29 is 9.90 Å². The molecule has 0 fully saturated rings.